The molecule has 1 fully saturated rings. The summed E-state index contributed by atoms with van der Waals surface area (Å²) >= 11 is 0. The van der Waals surface area contributed by atoms with Gasteiger partial charge in [-0.25, -0.2) is 4.98 Å². The molecule has 2 aromatic rings. The molecule has 0 aliphatic heterocycles. The van der Waals surface area contributed by atoms with Crippen LogP contribution in [0, 0.1) is 6.92 Å². The van der Waals surface area contributed by atoms with Crippen molar-refractivity contribution in [3.8, 4) is 11.3 Å². The molecule has 4 nitrogen and oxygen atoms in total. The van der Waals surface area contributed by atoms with Gasteiger partial charge in [0.2, 0.25) is 5.78 Å². The number of ketones is 2. The van der Waals surface area contributed by atoms with Crippen molar-refractivity contribution in [3.05, 3.63) is 41.3 Å². The van der Waals surface area contributed by atoms with Crippen LogP contribution in [0.1, 0.15) is 58.4 Å². The first-order chi connectivity index (χ1) is 10.2. The SMILES string of the molecule is Cc1nc2c(n1C1CCCC1)-c1ccccc1C(=O)C2=O. The lowest BCUT2D eigenvalue weighted by Gasteiger charge is -2.21. The van der Waals surface area contributed by atoms with Crippen LogP contribution in [0.15, 0.2) is 24.3 Å². The molecule has 21 heavy (non-hydrogen) atoms. The van der Waals surface area contributed by atoms with Gasteiger partial charge in [-0.05, 0) is 19.8 Å². The Bertz CT molecular complexity index is 767. The van der Waals surface area contributed by atoms with Crippen LogP contribution in [0.2, 0.25) is 0 Å². The molecule has 0 saturated heterocycles. The molecule has 0 radical (unpaired) electrons. The van der Waals surface area contributed by atoms with Crippen LogP contribution < -0.4 is 0 Å². The number of hydrogen-bond acceptors (Lipinski definition) is 3. The van der Waals surface area contributed by atoms with E-state index in [2.05, 4.69) is 9.55 Å². The lowest BCUT2D eigenvalue weighted by molar-refractivity contribution is 0.0812. The number of benzene rings is 1. The Morgan fingerprint density at radius 1 is 1.05 bits per heavy atom. The van der Waals surface area contributed by atoms with Gasteiger partial charge in [-0.1, -0.05) is 37.1 Å². The molecule has 2 aliphatic rings. The third kappa shape index (κ3) is 1.65. The van der Waals surface area contributed by atoms with Crippen LogP contribution in [0.25, 0.3) is 11.3 Å². The maximum Gasteiger partial charge on any atom is 0.254 e. The van der Waals surface area contributed by atoms with E-state index in [1.165, 1.54) is 12.8 Å². The summed E-state index contributed by atoms with van der Waals surface area (Å²) in [6.07, 6.45) is 4.67. The molecule has 0 bridgehead atoms. The van der Waals surface area contributed by atoms with Crippen LogP contribution in [0.4, 0.5) is 0 Å². The van der Waals surface area contributed by atoms with Gasteiger partial charge in [0.25, 0.3) is 5.78 Å². The predicted octanol–water partition coefficient (Wildman–Crippen LogP) is 3.35. The van der Waals surface area contributed by atoms with Crippen molar-refractivity contribution < 1.29 is 9.59 Å². The van der Waals surface area contributed by atoms with Gasteiger partial charge in [-0.2, -0.15) is 0 Å². The Balaban J connectivity index is 2.02. The van der Waals surface area contributed by atoms with Gasteiger partial charge in [-0.3, -0.25) is 9.59 Å². The van der Waals surface area contributed by atoms with Crippen LogP contribution >= 0.6 is 0 Å². The fourth-order valence-electron chi connectivity index (χ4n) is 3.69. The zero-order chi connectivity index (χ0) is 14.6. The van der Waals surface area contributed by atoms with Gasteiger partial charge in [0.1, 0.15) is 11.5 Å². The zero-order valence-corrected chi connectivity index (χ0v) is 11.9. The number of rotatable bonds is 1. The van der Waals surface area contributed by atoms with Crippen LogP contribution in [0.5, 0.6) is 0 Å². The lowest BCUT2D eigenvalue weighted by atomic mass is 9.90. The van der Waals surface area contributed by atoms with Crippen molar-refractivity contribution in [1.29, 1.82) is 0 Å². The van der Waals surface area contributed by atoms with Crippen LogP contribution in [-0.4, -0.2) is 21.1 Å². The zero-order valence-electron chi connectivity index (χ0n) is 11.9. The molecule has 0 atom stereocenters. The maximum absolute atomic E-state index is 12.3. The third-order valence-electron chi connectivity index (χ3n) is 4.63. The van der Waals surface area contributed by atoms with E-state index < -0.39 is 11.6 Å². The van der Waals surface area contributed by atoms with Crippen molar-refractivity contribution in [3.63, 3.8) is 0 Å². The third-order valence-corrected chi connectivity index (χ3v) is 4.63. The number of aryl methyl sites for hydroxylation is 1. The maximum atomic E-state index is 12.3. The minimum absolute atomic E-state index is 0.336. The number of carbonyl (C=O) groups is 2. The van der Waals surface area contributed by atoms with E-state index in [1.54, 1.807) is 12.1 Å². The second-order valence-electron chi connectivity index (χ2n) is 5.87. The standard InChI is InChI=1S/C17H16N2O2/c1-10-18-14-15(19(10)11-6-2-3-7-11)12-8-4-5-9-13(12)16(20)17(14)21/h4-5,8-9,11H,2-3,6-7H2,1H3. The first-order valence-electron chi connectivity index (χ1n) is 7.45. The number of hydrogen-bond donors (Lipinski definition) is 0. The van der Waals surface area contributed by atoms with Gasteiger partial charge in [0.15, 0.2) is 0 Å². The van der Waals surface area contributed by atoms with Crippen LogP contribution in [-0.2, 0) is 0 Å². The fraction of sp³-hybridized carbons (Fsp3) is 0.353. The van der Waals surface area contributed by atoms with E-state index in [0.29, 0.717) is 17.3 Å². The number of aromatic nitrogens is 2. The minimum Gasteiger partial charge on any atom is -0.324 e. The Labute approximate surface area is 122 Å². The fourth-order valence-corrected chi connectivity index (χ4v) is 3.69. The average molecular weight is 280 g/mol. The molecule has 0 N–H and O–H groups in total. The Kier molecular flexibility index (Phi) is 2.61. The molecule has 1 saturated carbocycles. The van der Waals surface area contributed by atoms with Gasteiger partial charge in [0.05, 0.1) is 5.69 Å². The van der Waals surface area contributed by atoms with Crippen molar-refractivity contribution in [1.82, 2.24) is 9.55 Å². The summed E-state index contributed by atoms with van der Waals surface area (Å²) in [5.41, 5.74) is 2.54. The molecule has 1 aromatic carbocycles. The van der Waals surface area contributed by atoms with Crippen molar-refractivity contribution in [2.75, 3.05) is 0 Å². The largest absolute Gasteiger partial charge is 0.324 e. The monoisotopic (exact) mass is 280 g/mol. The molecule has 4 rings (SSSR count). The van der Waals surface area contributed by atoms with Crippen LogP contribution in [0.3, 0.4) is 0 Å². The molecule has 0 spiro atoms. The van der Waals surface area contributed by atoms with E-state index >= 15 is 0 Å². The highest BCUT2D eigenvalue weighted by molar-refractivity contribution is 6.52. The summed E-state index contributed by atoms with van der Waals surface area (Å²) in [5.74, 6) is -0.0672. The number of nitrogens with zero attached hydrogens (tertiary/aromatic N) is 2. The molecular formula is C17H16N2O2. The van der Waals surface area contributed by atoms with Gasteiger partial charge >= 0.3 is 0 Å². The average Bonchev–Trinajstić information content (AvgIpc) is 3.12. The quantitative estimate of drug-likeness (QED) is 0.753. The Hall–Kier alpha value is -2.23. The topological polar surface area (TPSA) is 52.0 Å². The van der Waals surface area contributed by atoms with Crippen molar-refractivity contribution in [2.24, 2.45) is 0 Å². The number of imidazole rings is 1. The number of carbonyl (C=O) groups excluding carboxylic acids is 2. The van der Waals surface area contributed by atoms with E-state index in [0.717, 1.165) is 29.9 Å². The summed E-state index contributed by atoms with van der Waals surface area (Å²) in [6, 6.07) is 7.77. The predicted molar refractivity (Wildman–Crippen MR) is 78.6 cm³/mol. The normalized spacial score (nSPS) is 18.0. The minimum atomic E-state index is -0.469. The Morgan fingerprint density at radius 2 is 1.71 bits per heavy atom. The summed E-state index contributed by atoms with van der Waals surface area (Å²) in [4.78, 5) is 29.0. The van der Waals surface area contributed by atoms with E-state index in [-0.39, 0.29) is 0 Å². The molecule has 1 heterocycles. The summed E-state index contributed by atoms with van der Waals surface area (Å²) in [5, 5.41) is 0. The summed E-state index contributed by atoms with van der Waals surface area (Å²) in [6.45, 7) is 1.93. The van der Waals surface area contributed by atoms with E-state index in [4.69, 9.17) is 0 Å². The molecular weight excluding hydrogens is 264 g/mol. The second kappa shape index (κ2) is 4.38. The lowest BCUT2D eigenvalue weighted by Crippen LogP contribution is -2.22. The van der Waals surface area contributed by atoms with Crippen molar-refractivity contribution in [2.45, 2.75) is 38.6 Å². The smallest absolute Gasteiger partial charge is 0.254 e. The number of fused-ring (bicyclic) bond motifs is 3. The molecule has 0 unspecified atom stereocenters. The molecule has 1 aromatic heterocycles. The highest BCUT2D eigenvalue weighted by atomic mass is 16.2. The summed E-state index contributed by atoms with van der Waals surface area (Å²) < 4.78 is 2.19. The number of Topliss-reactive ketones (excluding diaryl/α,β-unsaturated/α-hetero) is 2. The Morgan fingerprint density at radius 3 is 2.43 bits per heavy atom. The first-order valence-corrected chi connectivity index (χ1v) is 7.45. The summed E-state index contributed by atoms with van der Waals surface area (Å²) in [7, 11) is 0. The molecule has 2 aliphatic carbocycles. The molecule has 4 heteroatoms. The first kappa shape index (κ1) is 12.5. The highest BCUT2D eigenvalue weighted by Gasteiger charge is 2.36. The second-order valence-corrected chi connectivity index (χ2v) is 5.87. The molecule has 0 amide bonds. The van der Waals surface area contributed by atoms with Gasteiger partial charge in [-0.15, -0.1) is 0 Å². The van der Waals surface area contributed by atoms with E-state index in [1.807, 2.05) is 19.1 Å². The van der Waals surface area contributed by atoms with Gasteiger partial charge in [0, 0.05) is 17.2 Å². The molecule has 106 valence electrons. The van der Waals surface area contributed by atoms with E-state index in [9.17, 15) is 9.59 Å². The van der Waals surface area contributed by atoms with Gasteiger partial charge < -0.3 is 4.57 Å². The highest BCUT2D eigenvalue weighted by Crippen LogP contribution is 2.40. The van der Waals surface area contributed by atoms with Crippen molar-refractivity contribution >= 4 is 11.6 Å².